The number of esters is 1. The first-order valence-electron chi connectivity index (χ1n) is 9.40. The first-order chi connectivity index (χ1) is 14.7. The van der Waals surface area contributed by atoms with Crippen LogP contribution in [0.5, 0.6) is 17.2 Å². The summed E-state index contributed by atoms with van der Waals surface area (Å²) >= 11 is 0. The molecule has 10 heteroatoms. The molecule has 164 valence electrons. The molecule has 0 radical (unpaired) electrons. The predicted octanol–water partition coefficient (Wildman–Crippen LogP) is 2.88. The van der Waals surface area contributed by atoms with Crippen molar-refractivity contribution in [2.45, 2.75) is 25.9 Å². The summed E-state index contributed by atoms with van der Waals surface area (Å²) in [6.07, 6.45) is 0.732. The van der Waals surface area contributed by atoms with Gasteiger partial charge in [-0.3, -0.25) is 14.9 Å². The third-order valence-corrected chi connectivity index (χ3v) is 4.43. The minimum atomic E-state index is -0.735. The molecule has 2 aromatic carbocycles. The van der Waals surface area contributed by atoms with Crippen molar-refractivity contribution in [1.29, 1.82) is 0 Å². The fourth-order valence-electron chi connectivity index (χ4n) is 3.11. The number of fused-ring (bicyclic) bond motifs is 1. The van der Waals surface area contributed by atoms with Crippen LogP contribution in [-0.2, 0) is 20.7 Å². The van der Waals surface area contributed by atoms with Gasteiger partial charge in [-0.1, -0.05) is 12.1 Å². The van der Waals surface area contributed by atoms with Gasteiger partial charge in [0, 0.05) is 18.1 Å². The first-order valence-corrected chi connectivity index (χ1v) is 9.40. The number of carbonyl (C=O) groups excluding carboxylic acids is 2. The standard InChI is InChI=1S/C21H22N2O8/c1-21(2)10-13-5-4-6-16(20(13)31-21)29-12-19(25)30-11-18(24)22-15-8-7-14(23(26)27)9-17(15)28-3/h4-9H,10-12H2,1-3H3,(H,22,24). The Bertz CT molecular complexity index is 1020. The highest BCUT2D eigenvalue weighted by Crippen LogP contribution is 2.41. The topological polar surface area (TPSA) is 126 Å². The van der Waals surface area contributed by atoms with Gasteiger partial charge in [0.25, 0.3) is 11.6 Å². The fourth-order valence-corrected chi connectivity index (χ4v) is 3.11. The third-order valence-electron chi connectivity index (χ3n) is 4.43. The van der Waals surface area contributed by atoms with Crippen molar-refractivity contribution in [2.75, 3.05) is 25.6 Å². The van der Waals surface area contributed by atoms with Crippen LogP contribution in [0.25, 0.3) is 0 Å². The Morgan fingerprint density at radius 2 is 1.97 bits per heavy atom. The average molecular weight is 430 g/mol. The lowest BCUT2D eigenvalue weighted by atomic mass is 10.0. The zero-order valence-corrected chi connectivity index (χ0v) is 17.3. The van der Waals surface area contributed by atoms with E-state index >= 15 is 0 Å². The van der Waals surface area contributed by atoms with Crippen LogP contribution in [-0.4, -0.2) is 42.7 Å². The van der Waals surface area contributed by atoms with Crippen molar-refractivity contribution in [3.05, 3.63) is 52.1 Å². The van der Waals surface area contributed by atoms with Crippen molar-refractivity contribution in [3.63, 3.8) is 0 Å². The first kappa shape index (κ1) is 21.9. The van der Waals surface area contributed by atoms with Crippen LogP contribution < -0.4 is 19.5 Å². The number of para-hydroxylation sites is 1. The average Bonchev–Trinajstić information content (AvgIpc) is 3.05. The molecule has 1 N–H and O–H groups in total. The molecule has 0 fully saturated rings. The predicted molar refractivity (Wildman–Crippen MR) is 110 cm³/mol. The molecule has 0 aliphatic carbocycles. The Balaban J connectivity index is 1.50. The van der Waals surface area contributed by atoms with Crippen molar-refractivity contribution < 1.29 is 33.5 Å². The number of nitrogens with zero attached hydrogens (tertiary/aromatic N) is 1. The van der Waals surface area contributed by atoms with Gasteiger partial charge in [-0.2, -0.15) is 0 Å². The van der Waals surface area contributed by atoms with E-state index < -0.39 is 30.0 Å². The van der Waals surface area contributed by atoms with Gasteiger partial charge in [0.15, 0.2) is 24.7 Å². The molecule has 1 amide bonds. The molecule has 1 heterocycles. The monoisotopic (exact) mass is 430 g/mol. The minimum Gasteiger partial charge on any atom is -0.494 e. The van der Waals surface area contributed by atoms with Gasteiger partial charge in [0.05, 0.1) is 23.8 Å². The molecule has 0 aromatic heterocycles. The van der Waals surface area contributed by atoms with E-state index in [1.54, 1.807) is 6.07 Å². The van der Waals surface area contributed by atoms with Gasteiger partial charge < -0.3 is 24.3 Å². The summed E-state index contributed by atoms with van der Waals surface area (Å²) in [5, 5.41) is 13.3. The molecule has 10 nitrogen and oxygen atoms in total. The highest BCUT2D eigenvalue weighted by atomic mass is 16.6. The number of amides is 1. The van der Waals surface area contributed by atoms with Gasteiger partial charge in [-0.25, -0.2) is 4.79 Å². The number of nitro groups is 1. The van der Waals surface area contributed by atoms with Crippen molar-refractivity contribution >= 4 is 23.3 Å². The Morgan fingerprint density at radius 1 is 1.19 bits per heavy atom. The number of hydrogen-bond acceptors (Lipinski definition) is 8. The molecule has 0 bridgehead atoms. The van der Waals surface area contributed by atoms with Gasteiger partial charge in [-0.15, -0.1) is 0 Å². The number of rotatable bonds is 8. The van der Waals surface area contributed by atoms with Gasteiger partial charge >= 0.3 is 5.97 Å². The maximum atomic E-state index is 12.1. The molecule has 1 aliphatic heterocycles. The quantitative estimate of drug-likeness (QED) is 0.385. The normalized spacial score (nSPS) is 13.5. The molecular formula is C21H22N2O8. The number of benzene rings is 2. The number of ether oxygens (including phenoxy) is 4. The summed E-state index contributed by atoms with van der Waals surface area (Å²) in [5.41, 5.74) is 0.676. The van der Waals surface area contributed by atoms with E-state index in [4.69, 9.17) is 18.9 Å². The molecule has 2 aromatic rings. The summed E-state index contributed by atoms with van der Waals surface area (Å²) in [4.78, 5) is 34.3. The molecule has 0 atom stereocenters. The van der Waals surface area contributed by atoms with Crippen LogP contribution >= 0.6 is 0 Å². The highest BCUT2D eigenvalue weighted by Gasteiger charge is 2.32. The lowest BCUT2D eigenvalue weighted by Gasteiger charge is -2.18. The molecular weight excluding hydrogens is 408 g/mol. The van der Waals surface area contributed by atoms with Crippen LogP contribution in [0.4, 0.5) is 11.4 Å². The molecule has 0 spiro atoms. The van der Waals surface area contributed by atoms with Crippen molar-refractivity contribution in [3.8, 4) is 17.2 Å². The summed E-state index contributed by atoms with van der Waals surface area (Å²) < 4.78 is 21.4. The van der Waals surface area contributed by atoms with E-state index in [9.17, 15) is 19.7 Å². The number of methoxy groups -OCH3 is 1. The number of anilines is 1. The van der Waals surface area contributed by atoms with Gasteiger partial charge in [-0.05, 0) is 26.0 Å². The fraction of sp³-hybridized carbons (Fsp3) is 0.333. The lowest BCUT2D eigenvalue weighted by Crippen LogP contribution is -2.25. The largest absolute Gasteiger partial charge is 0.494 e. The number of nitrogens with one attached hydrogen (secondary N) is 1. The number of nitro benzene ring substituents is 1. The van der Waals surface area contributed by atoms with E-state index in [2.05, 4.69) is 5.32 Å². The SMILES string of the molecule is COc1cc([N+](=O)[O-])ccc1NC(=O)COC(=O)COc1cccc2c1OC(C)(C)C2. The van der Waals surface area contributed by atoms with Crippen LogP contribution in [0.2, 0.25) is 0 Å². The van der Waals surface area contributed by atoms with E-state index in [-0.39, 0.29) is 22.7 Å². The summed E-state index contributed by atoms with van der Waals surface area (Å²) in [6.45, 7) is 2.97. The molecule has 0 unspecified atom stereocenters. The van der Waals surface area contributed by atoms with Gasteiger partial charge in [0.1, 0.15) is 11.4 Å². The van der Waals surface area contributed by atoms with Crippen molar-refractivity contribution in [1.82, 2.24) is 0 Å². The Hall–Kier alpha value is -3.82. The second-order valence-electron chi connectivity index (χ2n) is 7.42. The zero-order valence-electron chi connectivity index (χ0n) is 17.3. The van der Waals surface area contributed by atoms with Crippen LogP contribution in [0.1, 0.15) is 19.4 Å². The third kappa shape index (κ3) is 5.41. The van der Waals surface area contributed by atoms with Gasteiger partial charge in [0.2, 0.25) is 0 Å². The molecule has 1 aliphatic rings. The second kappa shape index (κ2) is 8.90. The van der Waals surface area contributed by atoms with E-state index in [0.29, 0.717) is 11.5 Å². The number of non-ortho nitro benzene ring substituents is 1. The van der Waals surface area contributed by atoms with E-state index in [0.717, 1.165) is 12.0 Å². The minimum absolute atomic E-state index is 0.109. The molecule has 3 rings (SSSR count). The number of carbonyl (C=O) groups is 2. The Morgan fingerprint density at radius 3 is 2.68 bits per heavy atom. The lowest BCUT2D eigenvalue weighted by molar-refractivity contribution is -0.384. The maximum Gasteiger partial charge on any atom is 0.344 e. The Kier molecular flexibility index (Phi) is 6.28. The molecule has 0 saturated carbocycles. The second-order valence-corrected chi connectivity index (χ2v) is 7.42. The smallest absolute Gasteiger partial charge is 0.344 e. The molecule has 0 saturated heterocycles. The summed E-state index contributed by atoms with van der Waals surface area (Å²) in [7, 11) is 1.32. The summed E-state index contributed by atoms with van der Waals surface area (Å²) in [5.74, 6) is -0.228. The highest BCUT2D eigenvalue weighted by molar-refractivity contribution is 5.94. The summed E-state index contributed by atoms with van der Waals surface area (Å²) in [6, 6.07) is 9.18. The number of hydrogen-bond donors (Lipinski definition) is 1. The zero-order chi connectivity index (χ0) is 22.6. The van der Waals surface area contributed by atoms with E-state index in [1.807, 2.05) is 26.0 Å². The Labute approximate surface area is 178 Å². The van der Waals surface area contributed by atoms with Crippen LogP contribution in [0.3, 0.4) is 0 Å². The molecule has 31 heavy (non-hydrogen) atoms. The van der Waals surface area contributed by atoms with Crippen molar-refractivity contribution in [2.24, 2.45) is 0 Å². The van der Waals surface area contributed by atoms with Crippen LogP contribution in [0.15, 0.2) is 36.4 Å². The van der Waals surface area contributed by atoms with Crippen LogP contribution in [0, 0.1) is 10.1 Å². The maximum absolute atomic E-state index is 12.1. The van der Waals surface area contributed by atoms with E-state index in [1.165, 1.54) is 25.3 Å².